The smallest absolute Gasteiger partial charge is 0.253 e. The van der Waals surface area contributed by atoms with E-state index in [1.807, 2.05) is 38.1 Å². The van der Waals surface area contributed by atoms with Gasteiger partial charge in [0.1, 0.15) is 5.82 Å². The van der Waals surface area contributed by atoms with E-state index in [4.69, 9.17) is 0 Å². The average Bonchev–Trinajstić information content (AvgIpc) is 3.16. The summed E-state index contributed by atoms with van der Waals surface area (Å²) in [5.41, 5.74) is 5.09. The lowest BCUT2D eigenvalue weighted by Crippen LogP contribution is -2.32. The summed E-state index contributed by atoms with van der Waals surface area (Å²) in [4.78, 5) is 25.2. The third-order valence-electron chi connectivity index (χ3n) is 5.76. The zero-order valence-electron chi connectivity index (χ0n) is 18.4. The van der Waals surface area contributed by atoms with Gasteiger partial charge >= 0.3 is 0 Å². The van der Waals surface area contributed by atoms with Gasteiger partial charge in [0.2, 0.25) is 5.91 Å². The Kier molecular flexibility index (Phi) is 6.37. The summed E-state index contributed by atoms with van der Waals surface area (Å²) >= 11 is 0. The van der Waals surface area contributed by atoms with Crippen LogP contribution in [0, 0.1) is 19.7 Å². The molecule has 1 atom stereocenters. The molecule has 1 aromatic heterocycles. The molecule has 0 aliphatic carbocycles. The first-order chi connectivity index (χ1) is 15.9. The maximum absolute atomic E-state index is 13.4. The minimum atomic E-state index is -0.473. The molecule has 3 N–H and O–H groups in total. The van der Waals surface area contributed by atoms with Crippen LogP contribution in [0.1, 0.15) is 29.2 Å². The van der Waals surface area contributed by atoms with Crippen LogP contribution < -0.4 is 10.6 Å². The first kappa shape index (κ1) is 22.4. The summed E-state index contributed by atoms with van der Waals surface area (Å²) in [7, 11) is 0. The lowest BCUT2D eigenvalue weighted by Gasteiger charge is -2.24. The third-order valence-corrected chi connectivity index (χ3v) is 5.76. The topological polar surface area (TPSA) is 96.2 Å². The summed E-state index contributed by atoms with van der Waals surface area (Å²) < 4.78 is 15.1. The molecule has 7 nitrogen and oxygen atoms in total. The van der Waals surface area contributed by atoms with Crippen molar-refractivity contribution in [3.8, 4) is 11.3 Å². The van der Waals surface area contributed by atoms with Crippen LogP contribution in [0.25, 0.3) is 11.3 Å². The van der Waals surface area contributed by atoms with Gasteiger partial charge in [-0.05, 0) is 49.2 Å². The van der Waals surface area contributed by atoms with Crippen LogP contribution in [0.15, 0.2) is 60.3 Å². The molecular formula is C25H25FN4O3. The Hall–Kier alpha value is -3.78. The lowest BCUT2D eigenvalue weighted by atomic mass is 9.86. The van der Waals surface area contributed by atoms with E-state index < -0.39 is 5.92 Å². The third kappa shape index (κ3) is 4.85. The zero-order valence-corrected chi connectivity index (χ0v) is 18.4. The van der Waals surface area contributed by atoms with Crippen molar-refractivity contribution in [3.63, 3.8) is 0 Å². The molecule has 8 heteroatoms. The van der Waals surface area contributed by atoms with Gasteiger partial charge in [0.15, 0.2) is 0 Å². The molecule has 0 spiro atoms. The summed E-state index contributed by atoms with van der Waals surface area (Å²) in [5.74, 6) is -1.39. The monoisotopic (exact) mass is 448 g/mol. The Morgan fingerprint density at radius 2 is 1.97 bits per heavy atom. The molecule has 1 unspecified atom stereocenters. The number of aromatic nitrogens is 2. The van der Waals surface area contributed by atoms with Gasteiger partial charge in [-0.3, -0.25) is 14.3 Å². The number of anilines is 1. The average molecular weight is 448 g/mol. The van der Waals surface area contributed by atoms with Crippen LogP contribution in [0.5, 0.6) is 0 Å². The van der Waals surface area contributed by atoms with E-state index in [1.165, 1.54) is 18.3 Å². The van der Waals surface area contributed by atoms with E-state index >= 15 is 0 Å². The number of benzene rings is 2. The number of hydrogen-bond acceptors (Lipinski definition) is 4. The Morgan fingerprint density at radius 3 is 2.70 bits per heavy atom. The molecule has 0 saturated heterocycles. The predicted octanol–water partition coefficient (Wildman–Crippen LogP) is 3.42. The SMILES string of the molecule is Cc1ccc(-c2cc(C)n(CCO)n2)cc1NC(=O)C1=CNC(=O)CC1c1ccc(F)cc1. The highest BCUT2D eigenvalue weighted by molar-refractivity contribution is 6.07. The number of aliphatic hydroxyl groups excluding tert-OH is 1. The maximum atomic E-state index is 13.4. The van der Waals surface area contributed by atoms with E-state index in [-0.39, 0.29) is 30.7 Å². The van der Waals surface area contributed by atoms with Gasteiger partial charge in [0.25, 0.3) is 5.91 Å². The highest BCUT2D eigenvalue weighted by Gasteiger charge is 2.29. The molecule has 0 bridgehead atoms. The Balaban J connectivity index is 1.61. The van der Waals surface area contributed by atoms with Crippen molar-refractivity contribution in [1.82, 2.24) is 15.1 Å². The Labute approximate surface area is 190 Å². The number of nitrogens with zero attached hydrogens (tertiary/aromatic N) is 2. The van der Waals surface area contributed by atoms with Gasteiger partial charge in [-0.1, -0.05) is 24.3 Å². The summed E-state index contributed by atoms with van der Waals surface area (Å²) in [6.45, 7) is 4.22. The van der Waals surface area contributed by atoms with Gasteiger partial charge in [-0.25, -0.2) is 4.39 Å². The van der Waals surface area contributed by atoms with Gasteiger partial charge in [0.05, 0.1) is 18.8 Å². The quantitative estimate of drug-likeness (QED) is 0.538. The van der Waals surface area contributed by atoms with Crippen molar-refractivity contribution in [2.75, 3.05) is 11.9 Å². The summed E-state index contributed by atoms with van der Waals surface area (Å²) in [5, 5.41) is 19.3. The summed E-state index contributed by atoms with van der Waals surface area (Å²) in [6.07, 6.45) is 1.53. The van der Waals surface area contributed by atoms with Gasteiger partial charge in [-0.2, -0.15) is 5.10 Å². The van der Waals surface area contributed by atoms with E-state index in [0.29, 0.717) is 23.4 Å². The van der Waals surface area contributed by atoms with Crippen molar-refractivity contribution < 1.29 is 19.1 Å². The van der Waals surface area contributed by atoms with Crippen LogP contribution >= 0.6 is 0 Å². The number of hydrogen-bond donors (Lipinski definition) is 3. The van der Waals surface area contributed by atoms with Crippen LogP contribution in [-0.4, -0.2) is 33.3 Å². The van der Waals surface area contributed by atoms with E-state index in [2.05, 4.69) is 15.7 Å². The molecule has 0 fully saturated rings. The fraction of sp³-hybridized carbons (Fsp3) is 0.240. The minimum absolute atomic E-state index is 0.00195. The van der Waals surface area contributed by atoms with E-state index in [0.717, 1.165) is 22.5 Å². The number of amides is 2. The molecule has 4 rings (SSSR count). The fourth-order valence-corrected chi connectivity index (χ4v) is 3.91. The number of aliphatic hydroxyl groups is 1. The Bertz CT molecular complexity index is 1230. The molecule has 1 aliphatic heterocycles. The molecule has 2 amide bonds. The predicted molar refractivity (Wildman–Crippen MR) is 123 cm³/mol. The number of rotatable bonds is 6. The largest absolute Gasteiger partial charge is 0.394 e. The normalized spacial score (nSPS) is 15.7. The number of aryl methyl sites for hydroxylation is 2. The molecule has 33 heavy (non-hydrogen) atoms. The van der Waals surface area contributed by atoms with E-state index in [1.54, 1.807) is 16.8 Å². The number of nitrogens with one attached hydrogen (secondary N) is 2. The standard InChI is InChI=1S/C25H25FN4O3/c1-15-3-4-18(23-11-16(2)30(29-23)9-10-31)12-22(15)28-25(33)21-14-27-24(32)13-20(21)17-5-7-19(26)8-6-17/h3-8,11-12,14,20,31H,9-10,13H2,1-2H3,(H,27,32)(H,28,33). The molecule has 170 valence electrons. The Morgan fingerprint density at radius 1 is 1.21 bits per heavy atom. The highest BCUT2D eigenvalue weighted by atomic mass is 19.1. The van der Waals surface area contributed by atoms with Crippen LogP contribution in [0.3, 0.4) is 0 Å². The highest BCUT2D eigenvalue weighted by Crippen LogP contribution is 2.32. The molecular weight excluding hydrogens is 423 g/mol. The number of carbonyl (C=O) groups excluding carboxylic acids is 2. The van der Waals surface area contributed by atoms with Crippen LogP contribution in [-0.2, 0) is 16.1 Å². The maximum Gasteiger partial charge on any atom is 0.253 e. The van der Waals surface area contributed by atoms with Crippen LogP contribution in [0.2, 0.25) is 0 Å². The molecule has 1 aliphatic rings. The lowest BCUT2D eigenvalue weighted by molar-refractivity contribution is -0.121. The van der Waals surface area contributed by atoms with Crippen molar-refractivity contribution in [1.29, 1.82) is 0 Å². The second-order valence-electron chi connectivity index (χ2n) is 8.08. The molecule has 0 radical (unpaired) electrons. The van der Waals surface area contributed by atoms with Gasteiger partial charge in [-0.15, -0.1) is 0 Å². The number of halogens is 1. The second kappa shape index (κ2) is 9.38. The van der Waals surface area contributed by atoms with Gasteiger partial charge in [0, 0.05) is 41.1 Å². The van der Waals surface area contributed by atoms with Crippen molar-refractivity contribution >= 4 is 17.5 Å². The first-order valence-corrected chi connectivity index (χ1v) is 10.7. The minimum Gasteiger partial charge on any atom is -0.394 e. The zero-order chi connectivity index (χ0) is 23.5. The second-order valence-corrected chi connectivity index (χ2v) is 8.08. The number of carbonyl (C=O) groups is 2. The van der Waals surface area contributed by atoms with Gasteiger partial charge < -0.3 is 15.7 Å². The molecule has 3 aromatic rings. The molecule has 2 heterocycles. The van der Waals surface area contributed by atoms with Crippen molar-refractivity contribution in [3.05, 3.63) is 82.9 Å². The van der Waals surface area contributed by atoms with Crippen LogP contribution in [0.4, 0.5) is 10.1 Å². The molecule has 2 aromatic carbocycles. The van der Waals surface area contributed by atoms with E-state index in [9.17, 15) is 19.1 Å². The summed E-state index contributed by atoms with van der Waals surface area (Å²) in [6, 6.07) is 13.4. The van der Waals surface area contributed by atoms with Crippen molar-refractivity contribution in [2.45, 2.75) is 32.7 Å². The molecule has 0 saturated carbocycles. The van der Waals surface area contributed by atoms with Crippen molar-refractivity contribution in [2.24, 2.45) is 0 Å². The fourth-order valence-electron chi connectivity index (χ4n) is 3.91. The first-order valence-electron chi connectivity index (χ1n) is 10.7.